The molecule has 0 saturated heterocycles. The lowest BCUT2D eigenvalue weighted by atomic mass is 10.2. The molecule has 0 saturated carbocycles. The molecule has 0 amide bonds. The number of carboxylic acid groups (broad SMARTS) is 1. The molecular weight excluding hydrogens is 262 g/mol. The van der Waals surface area contributed by atoms with Crippen LogP contribution in [0.15, 0.2) is 23.1 Å². The molecule has 4 nitrogen and oxygen atoms in total. The number of hydrogen-bond acceptors (Lipinski definition) is 4. The van der Waals surface area contributed by atoms with Crippen molar-refractivity contribution in [1.29, 1.82) is 0 Å². The first kappa shape index (κ1) is 15.7. The number of ether oxygens (including phenoxy) is 1. The van der Waals surface area contributed by atoms with Gasteiger partial charge in [-0.25, -0.2) is 0 Å². The molecule has 106 valence electrons. The van der Waals surface area contributed by atoms with Crippen LogP contribution in [0.4, 0.5) is 5.69 Å². The predicted molar refractivity (Wildman–Crippen MR) is 78.8 cm³/mol. The van der Waals surface area contributed by atoms with Gasteiger partial charge in [-0.3, -0.25) is 4.79 Å². The maximum Gasteiger partial charge on any atom is 0.316 e. The second-order valence-electron chi connectivity index (χ2n) is 4.22. The second kappa shape index (κ2) is 7.94. The van der Waals surface area contributed by atoms with E-state index in [1.165, 1.54) is 11.8 Å². The van der Waals surface area contributed by atoms with E-state index in [9.17, 15) is 9.90 Å². The van der Waals surface area contributed by atoms with Crippen LogP contribution in [0, 0.1) is 0 Å². The number of carboxylic acids is 1. The largest absolute Gasteiger partial charge is 0.494 e. The van der Waals surface area contributed by atoms with Crippen molar-refractivity contribution >= 4 is 23.4 Å². The molecule has 0 aliphatic rings. The summed E-state index contributed by atoms with van der Waals surface area (Å²) in [6, 6.07) is 5.36. The van der Waals surface area contributed by atoms with E-state index < -0.39 is 11.2 Å². The fourth-order valence-electron chi connectivity index (χ4n) is 1.65. The highest BCUT2D eigenvalue weighted by Gasteiger charge is 2.19. The summed E-state index contributed by atoms with van der Waals surface area (Å²) in [5.74, 6) is -0.0708. The Morgan fingerprint density at radius 1 is 1.47 bits per heavy atom. The summed E-state index contributed by atoms with van der Waals surface area (Å²) < 4.78 is 5.41. The van der Waals surface area contributed by atoms with Crippen LogP contribution in [0.3, 0.4) is 0 Å². The molecule has 1 rings (SSSR count). The SMILES string of the molecule is CCCCC(Sc1cc(OCC)ccc1N)C(=O)O. The zero-order valence-corrected chi connectivity index (χ0v) is 12.2. The van der Waals surface area contributed by atoms with Crippen molar-refractivity contribution in [2.24, 2.45) is 0 Å². The fourth-order valence-corrected chi connectivity index (χ4v) is 2.73. The van der Waals surface area contributed by atoms with E-state index in [1.807, 2.05) is 19.9 Å². The maximum absolute atomic E-state index is 11.2. The average molecular weight is 283 g/mol. The number of nitrogen functional groups attached to an aromatic ring is 1. The van der Waals surface area contributed by atoms with Gasteiger partial charge in [0.25, 0.3) is 0 Å². The molecule has 0 aromatic heterocycles. The Bertz CT molecular complexity index is 423. The van der Waals surface area contributed by atoms with Gasteiger partial charge in [-0.1, -0.05) is 19.8 Å². The number of anilines is 1. The van der Waals surface area contributed by atoms with Gasteiger partial charge in [0.2, 0.25) is 0 Å². The highest BCUT2D eigenvalue weighted by Crippen LogP contribution is 2.34. The van der Waals surface area contributed by atoms with Crippen LogP contribution >= 0.6 is 11.8 Å². The molecule has 0 fully saturated rings. The van der Waals surface area contributed by atoms with Gasteiger partial charge in [-0.15, -0.1) is 11.8 Å². The van der Waals surface area contributed by atoms with Crippen molar-refractivity contribution in [3.8, 4) is 5.75 Å². The van der Waals surface area contributed by atoms with Gasteiger partial charge in [0.1, 0.15) is 11.0 Å². The smallest absolute Gasteiger partial charge is 0.316 e. The lowest BCUT2D eigenvalue weighted by Gasteiger charge is -2.14. The molecule has 0 aliphatic carbocycles. The lowest BCUT2D eigenvalue weighted by Crippen LogP contribution is -2.16. The Labute approximate surface area is 118 Å². The summed E-state index contributed by atoms with van der Waals surface area (Å²) in [5, 5.41) is 8.77. The topological polar surface area (TPSA) is 72.5 Å². The molecule has 0 bridgehead atoms. The van der Waals surface area contributed by atoms with E-state index in [4.69, 9.17) is 10.5 Å². The molecule has 0 heterocycles. The minimum atomic E-state index is -0.792. The van der Waals surface area contributed by atoms with Crippen molar-refractivity contribution in [2.75, 3.05) is 12.3 Å². The van der Waals surface area contributed by atoms with E-state index in [-0.39, 0.29) is 0 Å². The Balaban J connectivity index is 2.82. The number of hydrogen-bond donors (Lipinski definition) is 2. The normalized spacial score (nSPS) is 12.1. The summed E-state index contributed by atoms with van der Waals surface area (Å²) >= 11 is 1.30. The van der Waals surface area contributed by atoms with Crippen molar-refractivity contribution in [1.82, 2.24) is 0 Å². The number of aliphatic carboxylic acids is 1. The number of unbranched alkanes of at least 4 members (excludes halogenated alkanes) is 1. The maximum atomic E-state index is 11.2. The third kappa shape index (κ3) is 5.03. The molecule has 0 spiro atoms. The minimum Gasteiger partial charge on any atom is -0.494 e. The van der Waals surface area contributed by atoms with E-state index in [0.717, 1.165) is 23.5 Å². The quantitative estimate of drug-likeness (QED) is 0.565. The average Bonchev–Trinajstić information content (AvgIpc) is 2.38. The first-order chi connectivity index (χ1) is 9.08. The molecule has 1 atom stereocenters. The summed E-state index contributed by atoms with van der Waals surface area (Å²) in [5.41, 5.74) is 6.49. The number of thioether (sulfide) groups is 1. The summed E-state index contributed by atoms with van der Waals surface area (Å²) in [4.78, 5) is 12.0. The lowest BCUT2D eigenvalue weighted by molar-refractivity contribution is -0.136. The van der Waals surface area contributed by atoms with Gasteiger partial charge >= 0.3 is 5.97 Å². The standard InChI is InChI=1S/C14H21NO3S/c1-3-5-6-12(14(16)17)19-13-9-10(18-4-2)7-8-11(13)15/h7-9,12H,3-6,15H2,1-2H3,(H,16,17). The minimum absolute atomic E-state index is 0.459. The highest BCUT2D eigenvalue weighted by molar-refractivity contribution is 8.00. The Hall–Kier alpha value is -1.36. The molecule has 5 heteroatoms. The number of rotatable bonds is 8. The second-order valence-corrected chi connectivity index (χ2v) is 5.46. The van der Waals surface area contributed by atoms with Crippen LogP contribution in [0.2, 0.25) is 0 Å². The highest BCUT2D eigenvalue weighted by atomic mass is 32.2. The molecular formula is C14H21NO3S. The molecule has 0 radical (unpaired) electrons. The molecule has 1 aromatic rings. The van der Waals surface area contributed by atoms with E-state index in [0.29, 0.717) is 18.7 Å². The Morgan fingerprint density at radius 2 is 2.21 bits per heavy atom. The summed E-state index contributed by atoms with van der Waals surface area (Å²) in [7, 11) is 0. The molecule has 0 aliphatic heterocycles. The number of carbonyl (C=O) groups is 1. The summed E-state index contributed by atoms with van der Waals surface area (Å²) in [6.45, 7) is 4.53. The first-order valence-corrected chi connectivity index (χ1v) is 7.38. The van der Waals surface area contributed by atoms with Gasteiger partial charge in [-0.05, 0) is 31.5 Å². The Morgan fingerprint density at radius 3 is 2.79 bits per heavy atom. The van der Waals surface area contributed by atoms with Crippen molar-refractivity contribution in [3.05, 3.63) is 18.2 Å². The van der Waals surface area contributed by atoms with Gasteiger partial charge in [0.15, 0.2) is 0 Å². The Kier molecular flexibility index (Phi) is 6.56. The zero-order chi connectivity index (χ0) is 14.3. The summed E-state index contributed by atoms with van der Waals surface area (Å²) in [6.07, 6.45) is 2.53. The van der Waals surface area contributed by atoms with Gasteiger partial charge in [-0.2, -0.15) is 0 Å². The third-order valence-electron chi connectivity index (χ3n) is 2.66. The van der Waals surface area contributed by atoms with Gasteiger partial charge in [0, 0.05) is 10.6 Å². The fraction of sp³-hybridized carbons (Fsp3) is 0.500. The number of nitrogens with two attached hydrogens (primary N) is 1. The molecule has 19 heavy (non-hydrogen) atoms. The van der Waals surface area contributed by atoms with Gasteiger partial charge < -0.3 is 15.6 Å². The van der Waals surface area contributed by atoms with Crippen LogP contribution in [0.1, 0.15) is 33.1 Å². The monoisotopic (exact) mass is 283 g/mol. The van der Waals surface area contributed by atoms with Gasteiger partial charge in [0.05, 0.1) is 6.61 Å². The molecule has 1 unspecified atom stereocenters. The van der Waals surface area contributed by atoms with E-state index in [2.05, 4.69) is 0 Å². The first-order valence-electron chi connectivity index (χ1n) is 6.50. The van der Waals surface area contributed by atoms with Crippen LogP contribution in [0.5, 0.6) is 5.75 Å². The molecule has 3 N–H and O–H groups in total. The van der Waals surface area contributed by atoms with Crippen molar-refractivity contribution < 1.29 is 14.6 Å². The van der Waals surface area contributed by atoms with Crippen LogP contribution in [-0.4, -0.2) is 22.9 Å². The van der Waals surface area contributed by atoms with Crippen LogP contribution < -0.4 is 10.5 Å². The van der Waals surface area contributed by atoms with Crippen LogP contribution in [-0.2, 0) is 4.79 Å². The third-order valence-corrected chi connectivity index (χ3v) is 3.99. The van der Waals surface area contributed by atoms with Crippen LogP contribution in [0.25, 0.3) is 0 Å². The predicted octanol–water partition coefficient (Wildman–Crippen LogP) is 3.40. The van der Waals surface area contributed by atoms with Crippen molar-refractivity contribution in [2.45, 2.75) is 43.3 Å². The number of benzene rings is 1. The van der Waals surface area contributed by atoms with E-state index >= 15 is 0 Å². The van der Waals surface area contributed by atoms with E-state index in [1.54, 1.807) is 12.1 Å². The zero-order valence-electron chi connectivity index (χ0n) is 11.4. The van der Waals surface area contributed by atoms with Crippen molar-refractivity contribution in [3.63, 3.8) is 0 Å². The molecule has 1 aromatic carbocycles.